The van der Waals surface area contributed by atoms with Crippen molar-refractivity contribution in [1.29, 1.82) is 0 Å². The van der Waals surface area contributed by atoms with Crippen LogP contribution in [0.1, 0.15) is 17.0 Å². The minimum absolute atomic E-state index is 0.0236. The van der Waals surface area contributed by atoms with Crippen LogP contribution in [0, 0.1) is 19.8 Å². The Kier molecular flexibility index (Phi) is 4.10. The summed E-state index contributed by atoms with van der Waals surface area (Å²) in [5, 5.41) is 5.91. The van der Waals surface area contributed by atoms with Crippen LogP contribution < -0.4 is 10.6 Å². The minimum Gasteiger partial charge on any atom is -0.337 e. The van der Waals surface area contributed by atoms with Gasteiger partial charge in [-0.05, 0) is 26.2 Å². The van der Waals surface area contributed by atoms with Crippen molar-refractivity contribution in [3.63, 3.8) is 0 Å². The molecule has 6 nitrogen and oxygen atoms in total. The van der Waals surface area contributed by atoms with Gasteiger partial charge in [-0.3, -0.25) is 5.32 Å². The van der Waals surface area contributed by atoms with Crippen LogP contribution in [-0.2, 0) is 9.84 Å². The van der Waals surface area contributed by atoms with Crippen molar-refractivity contribution in [1.82, 2.24) is 10.3 Å². The number of thiazole rings is 1. The summed E-state index contributed by atoms with van der Waals surface area (Å²) < 4.78 is 22.6. The number of carbonyl (C=O) groups is 1. The van der Waals surface area contributed by atoms with E-state index in [0.717, 1.165) is 10.6 Å². The van der Waals surface area contributed by atoms with Crippen LogP contribution in [-0.4, -0.2) is 37.5 Å². The molecule has 106 valence electrons. The lowest BCUT2D eigenvalue weighted by atomic mass is 10.1. The van der Waals surface area contributed by atoms with Crippen LogP contribution in [0.15, 0.2) is 0 Å². The van der Waals surface area contributed by atoms with Crippen molar-refractivity contribution in [3.05, 3.63) is 10.6 Å². The molecule has 0 radical (unpaired) electrons. The first-order valence-corrected chi connectivity index (χ1v) is 8.69. The molecule has 1 aromatic rings. The number of carbonyl (C=O) groups excluding carboxylic acids is 1. The Morgan fingerprint density at radius 1 is 1.47 bits per heavy atom. The van der Waals surface area contributed by atoms with Gasteiger partial charge in [-0.15, -0.1) is 11.3 Å². The summed E-state index contributed by atoms with van der Waals surface area (Å²) in [5.41, 5.74) is 0.905. The fourth-order valence-corrected chi connectivity index (χ4v) is 4.61. The van der Waals surface area contributed by atoms with Gasteiger partial charge in [-0.2, -0.15) is 0 Å². The molecule has 1 aliphatic rings. The van der Waals surface area contributed by atoms with E-state index in [0.29, 0.717) is 18.1 Å². The van der Waals surface area contributed by atoms with E-state index in [1.165, 1.54) is 11.3 Å². The minimum atomic E-state index is -2.89. The molecule has 0 aliphatic carbocycles. The van der Waals surface area contributed by atoms with Crippen LogP contribution >= 0.6 is 11.3 Å². The Balaban J connectivity index is 1.79. The molecule has 1 aliphatic heterocycles. The molecule has 0 saturated carbocycles. The number of anilines is 1. The lowest BCUT2D eigenvalue weighted by Gasteiger charge is -2.09. The van der Waals surface area contributed by atoms with E-state index in [2.05, 4.69) is 15.6 Å². The van der Waals surface area contributed by atoms with Gasteiger partial charge in [0.2, 0.25) is 0 Å². The second-order valence-corrected chi connectivity index (χ2v) is 8.20. The zero-order chi connectivity index (χ0) is 14.0. The molecule has 2 heterocycles. The molecule has 2 N–H and O–H groups in total. The van der Waals surface area contributed by atoms with Gasteiger partial charge >= 0.3 is 6.03 Å². The summed E-state index contributed by atoms with van der Waals surface area (Å²) >= 11 is 1.42. The predicted molar refractivity (Wildman–Crippen MR) is 75.4 cm³/mol. The van der Waals surface area contributed by atoms with Crippen molar-refractivity contribution in [2.75, 3.05) is 23.4 Å². The van der Waals surface area contributed by atoms with Crippen LogP contribution in [0.2, 0.25) is 0 Å². The third kappa shape index (κ3) is 3.90. The van der Waals surface area contributed by atoms with Crippen molar-refractivity contribution in [3.8, 4) is 0 Å². The van der Waals surface area contributed by atoms with Crippen LogP contribution in [0.3, 0.4) is 0 Å². The number of nitrogens with zero attached hydrogens (tertiary/aromatic N) is 1. The van der Waals surface area contributed by atoms with E-state index in [-0.39, 0.29) is 23.5 Å². The lowest BCUT2D eigenvalue weighted by molar-refractivity contribution is 0.250. The average Bonchev–Trinajstić information content (AvgIpc) is 2.80. The molecule has 0 aromatic carbocycles. The van der Waals surface area contributed by atoms with E-state index in [1.54, 1.807) is 0 Å². The fourth-order valence-electron chi connectivity index (χ4n) is 1.94. The van der Waals surface area contributed by atoms with Gasteiger partial charge in [0.05, 0.1) is 17.2 Å². The molecule has 2 rings (SSSR count). The maximum atomic E-state index is 11.6. The highest BCUT2D eigenvalue weighted by molar-refractivity contribution is 7.91. The zero-order valence-corrected chi connectivity index (χ0v) is 12.5. The van der Waals surface area contributed by atoms with Gasteiger partial charge in [0.15, 0.2) is 15.0 Å². The van der Waals surface area contributed by atoms with Crippen molar-refractivity contribution in [2.45, 2.75) is 20.3 Å². The average molecular weight is 303 g/mol. The number of rotatable bonds is 3. The Morgan fingerprint density at radius 3 is 2.74 bits per heavy atom. The number of amides is 2. The highest BCUT2D eigenvalue weighted by Crippen LogP contribution is 2.21. The molecular weight excluding hydrogens is 286 g/mol. The van der Waals surface area contributed by atoms with Gasteiger partial charge in [0, 0.05) is 11.4 Å². The fraction of sp³-hybridized carbons (Fsp3) is 0.636. The topological polar surface area (TPSA) is 88.2 Å². The number of aromatic nitrogens is 1. The summed E-state index contributed by atoms with van der Waals surface area (Å²) in [7, 11) is -2.89. The molecule has 8 heteroatoms. The second kappa shape index (κ2) is 5.46. The van der Waals surface area contributed by atoms with Crippen LogP contribution in [0.4, 0.5) is 9.93 Å². The Morgan fingerprint density at radius 2 is 2.21 bits per heavy atom. The monoisotopic (exact) mass is 303 g/mol. The number of urea groups is 1. The highest BCUT2D eigenvalue weighted by Gasteiger charge is 2.27. The molecule has 0 unspecified atom stereocenters. The summed E-state index contributed by atoms with van der Waals surface area (Å²) in [6.07, 6.45) is 0.623. The van der Waals surface area contributed by atoms with E-state index in [9.17, 15) is 13.2 Å². The Bertz CT molecular complexity index is 561. The number of hydrogen-bond donors (Lipinski definition) is 2. The Hall–Kier alpha value is -1.15. The summed E-state index contributed by atoms with van der Waals surface area (Å²) in [4.78, 5) is 16.9. The number of sulfone groups is 1. The maximum Gasteiger partial charge on any atom is 0.321 e. The van der Waals surface area contributed by atoms with Crippen molar-refractivity contribution in [2.24, 2.45) is 5.92 Å². The molecule has 0 spiro atoms. The van der Waals surface area contributed by atoms with Gasteiger partial charge < -0.3 is 5.32 Å². The third-order valence-corrected chi connectivity index (χ3v) is 5.95. The molecule has 1 saturated heterocycles. The van der Waals surface area contributed by atoms with E-state index >= 15 is 0 Å². The van der Waals surface area contributed by atoms with Crippen LogP contribution in [0.5, 0.6) is 0 Å². The van der Waals surface area contributed by atoms with Gasteiger partial charge in [-0.25, -0.2) is 18.2 Å². The molecule has 1 atom stereocenters. The quantitative estimate of drug-likeness (QED) is 0.881. The zero-order valence-electron chi connectivity index (χ0n) is 10.9. The molecule has 0 bridgehead atoms. The molecule has 2 amide bonds. The largest absolute Gasteiger partial charge is 0.337 e. The first kappa shape index (κ1) is 14.3. The predicted octanol–water partition coefficient (Wildman–Crippen LogP) is 1.32. The SMILES string of the molecule is Cc1nc(NC(=O)NC[C@H]2CCS(=O)(=O)C2)sc1C. The number of aryl methyl sites for hydroxylation is 2. The molecule has 19 heavy (non-hydrogen) atoms. The lowest BCUT2D eigenvalue weighted by Crippen LogP contribution is -2.33. The standard InChI is InChI=1S/C11H17N3O3S2/c1-7-8(2)18-11(13-7)14-10(15)12-5-9-3-4-19(16,17)6-9/h9H,3-6H2,1-2H3,(H2,12,13,14,15)/t9-/m1/s1. The second-order valence-electron chi connectivity index (χ2n) is 4.76. The smallest absolute Gasteiger partial charge is 0.321 e. The van der Waals surface area contributed by atoms with E-state index < -0.39 is 9.84 Å². The van der Waals surface area contributed by atoms with Gasteiger partial charge in [0.1, 0.15) is 0 Å². The highest BCUT2D eigenvalue weighted by atomic mass is 32.2. The van der Waals surface area contributed by atoms with Crippen molar-refractivity contribution < 1.29 is 13.2 Å². The van der Waals surface area contributed by atoms with E-state index in [4.69, 9.17) is 0 Å². The number of nitrogens with one attached hydrogen (secondary N) is 2. The molecule has 1 aromatic heterocycles. The van der Waals surface area contributed by atoms with Gasteiger partial charge in [-0.1, -0.05) is 0 Å². The molecule has 1 fully saturated rings. The molecular formula is C11H17N3O3S2. The Labute approximate surface area is 116 Å². The first-order chi connectivity index (χ1) is 8.85. The maximum absolute atomic E-state index is 11.6. The normalized spacial score (nSPS) is 21.3. The third-order valence-electron chi connectivity index (χ3n) is 3.13. The summed E-state index contributed by atoms with van der Waals surface area (Å²) in [6.45, 7) is 4.21. The number of hydrogen-bond acceptors (Lipinski definition) is 5. The van der Waals surface area contributed by atoms with Gasteiger partial charge in [0.25, 0.3) is 0 Å². The summed E-state index contributed by atoms with van der Waals surface area (Å²) in [5.74, 6) is 0.421. The first-order valence-electron chi connectivity index (χ1n) is 6.05. The summed E-state index contributed by atoms with van der Waals surface area (Å²) in [6, 6.07) is -0.335. The van der Waals surface area contributed by atoms with E-state index in [1.807, 2.05) is 13.8 Å². The van der Waals surface area contributed by atoms with Crippen LogP contribution in [0.25, 0.3) is 0 Å². The van der Waals surface area contributed by atoms with Crippen molar-refractivity contribution >= 4 is 32.3 Å².